The average molecular weight is 504 g/mol. The van der Waals surface area contributed by atoms with E-state index in [2.05, 4.69) is 16.0 Å². The number of hydrogen-bond acceptors (Lipinski definition) is 7. The Labute approximate surface area is 211 Å². The first-order valence-electron chi connectivity index (χ1n) is 12.3. The van der Waals surface area contributed by atoms with E-state index in [1.807, 2.05) is 32.0 Å². The van der Waals surface area contributed by atoms with Crippen molar-refractivity contribution in [2.24, 2.45) is 11.1 Å². The van der Waals surface area contributed by atoms with E-state index in [4.69, 9.17) is 10.5 Å². The minimum Gasteiger partial charge on any atom is -0.497 e. The molecule has 0 spiro atoms. The molecule has 9 nitrogen and oxygen atoms in total. The molecule has 35 heavy (non-hydrogen) atoms. The molecule has 1 aliphatic carbocycles. The van der Waals surface area contributed by atoms with Crippen molar-refractivity contribution in [2.75, 3.05) is 19.9 Å². The highest BCUT2D eigenvalue weighted by Crippen LogP contribution is 2.46. The molecule has 0 bridgehead atoms. The number of carbonyl (C=O) groups is 3. The van der Waals surface area contributed by atoms with E-state index in [0.29, 0.717) is 6.42 Å². The van der Waals surface area contributed by atoms with Gasteiger partial charge < -0.3 is 26.0 Å². The Morgan fingerprint density at radius 2 is 2.00 bits per heavy atom. The smallest absolute Gasteiger partial charge is 0.252 e. The Balaban J connectivity index is 1.56. The summed E-state index contributed by atoms with van der Waals surface area (Å²) >= 11 is 1.68. The van der Waals surface area contributed by atoms with Crippen LogP contribution in [0.25, 0.3) is 0 Å². The molecular weight excluding hydrogens is 466 g/mol. The van der Waals surface area contributed by atoms with Crippen LogP contribution in [-0.2, 0) is 20.8 Å². The molecule has 2 heterocycles. The summed E-state index contributed by atoms with van der Waals surface area (Å²) in [6.07, 6.45) is 3.11. The quantitative estimate of drug-likeness (QED) is 0.431. The second-order valence-corrected chi connectivity index (χ2v) is 11.6. The number of nitrogens with one attached hydrogen (secondary N) is 3. The van der Waals surface area contributed by atoms with Gasteiger partial charge >= 0.3 is 0 Å². The maximum atomic E-state index is 13.8. The molecule has 3 amide bonds. The van der Waals surface area contributed by atoms with Crippen molar-refractivity contribution in [3.8, 4) is 5.75 Å². The number of rotatable bonds is 6. The van der Waals surface area contributed by atoms with Crippen molar-refractivity contribution in [3.63, 3.8) is 0 Å². The summed E-state index contributed by atoms with van der Waals surface area (Å²) in [7, 11) is 3.24. The first-order chi connectivity index (χ1) is 16.7. The number of ether oxygens (including phenoxy) is 1. The van der Waals surface area contributed by atoms with Crippen molar-refractivity contribution in [3.05, 3.63) is 29.3 Å². The number of fused-ring (bicyclic) bond motifs is 2. The molecule has 2 aliphatic heterocycles. The minimum atomic E-state index is -0.895. The maximum absolute atomic E-state index is 13.8. The van der Waals surface area contributed by atoms with Crippen LogP contribution in [0.1, 0.15) is 56.7 Å². The summed E-state index contributed by atoms with van der Waals surface area (Å²) in [4.78, 5) is 41.6. The summed E-state index contributed by atoms with van der Waals surface area (Å²) < 4.78 is 5.37. The number of nitrogens with zero attached hydrogens (tertiary/aromatic N) is 1. The van der Waals surface area contributed by atoms with Crippen LogP contribution < -0.4 is 26.4 Å². The third-order valence-electron chi connectivity index (χ3n) is 7.44. The lowest BCUT2D eigenvalue weighted by molar-refractivity contribution is -0.144. The third-order valence-corrected chi connectivity index (χ3v) is 8.69. The van der Waals surface area contributed by atoms with Crippen LogP contribution in [0.15, 0.2) is 18.2 Å². The molecule has 5 N–H and O–H groups in total. The van der Waals surface area contributed by atoms with Crippen molar-refractivity contribution in [2.45, 2.75) is 75.6 Å². The van der Waals surface area contributed by atoms with Gasteiger partial charge in [0.2, 0.25) is 11.8 Å². The lowest BCUT2D eigenvalue weighted by Crippen LogP contribution is -2.59. The number of hydrogen-bond donors (Lipinski definition) is 4. The molecule has 0 saturated carbocycles. The van der Waals surface area contributed by atoms with Gasteiger partial charge in [0.25, 0.3) is 5.91 Å². The fourth-order valence-electron chi connectivity index (χ4n) is 5.56. The Hall–Kier alpha value is -2.30. The predicted octanol–water partition coefficient (Wildman–Crippen LogP) is 1.27. The highest BCUT2D eigenvalue weighted by Gasteiger charge is 2.54. The van der Waals surface area contributed by atoms with Crippen LogP contribution in [0.5, 0.6) is 5.75 Å². The Morgan fingerprint density at radius 1 is 1.23 bits per heavy atom. The van der Waals surface area contributed by atoms with E-state index in [1.54, 1.807) is 30.8 Å². The Bertz CT molecular complexity index is 987. The maximum Gasteiger partial charge on any atom is 0.252 e. The highest BCUT2D eigenvalue weighted by molar-refractivity contribution is 7.99. The molecule has 2 fully saturated rings. The normalized spacial score (nSPS) is 28.4. The molecule has 0 radical (unpaired) electrons. The van der Waals surface area contributed by atoms with Gasteiger partial charge in [0, 0.05) is 0 Å². The van der Waals surface area contributed by atoms with E-state index in [1.165, 1.54) is 5.56 Å². The predicted molar refractivity (Wildman–Crippen MR) is 136 cm³/mol. The average Bonchev–Trinajstić information content (AvgIpc) is 3.03. The van der Waals surface area contributed by atoms with Gasteiger partial charge in [-0.1, -0.05) is 19.9 Å². The van der Waals surface area contributed by atoms with Gasteiger partial charge in [0.1, 0.15) is 24.0 Å². The standard InChI is InChI=1S/C25H37N5O4S/c1-25(2)13-19-30(24(33)18(10-11-35-19)29-23(32)21(26)27-3)20(25)22(31)28-17-7-5-6-14-12-15(34-4)8-9-16(14)17/h8-9,12,17-21,27H,5-7,10-11,13,26H2,1-4H3,(H,28,31)(H,29,32)/t17-,18+,19+,20-,21-/m1/s1. The zero-order chi connectivity index (χ0) is 25.3. The number of methoxy groups -OCH3 is 1. The van der Waals surface area contributed by atoms with Crippen LogP contribution in [0.3, 0.4) is 0 Å². The van der Waals surface area contributed by atoms with Gasteiger partial charge in [-0.05, 0) is 73.6 Å². The molecule has 1 aromatic carbocycles. The lowest BCUT2D eigenvalue weighted by atomic mass is 9.83. The third kappa shape index (κ3) is 5.15. The summed E-state index contributed by atoms with van der Waals surface area (Å²) in [5.74, 6) is 0.751. The van der Waals surface area contributed by atoms with Gasteiger partial charge in [0.15, 0.2) is 0 Å². The van der Waals surface area contributed by atoms with Crippen molar-refractivity contribution in [1.82, 2.24) is 20.9 Å². The summed E-state index contributed by atoms with van der Waals surface area (Å²) in [5.41, 5.74) is 7.68. The van der Waals surface area contributed by atoms with E-state index in [-0.39, 0.29) is 23.2 Å². The van der Waals surface area contributed by atoms with E-state index in [0.717, 1.165) is 42.7 Å². The van der Waals surface area contributed by atoms with Crippen LogP contribution in [-0.4, -0.2) is 66.2 Å². The molecule has 0 unspecified atom stereocenters. The van der Waals surface area contributed by atoms with Gasteiger partial charge in [-0.3, -0.25) is 19.7 Å². The van der Waals surface area contributed by atoms with Gasteiger partial charge in [-0.25, -0.2) is 0 Å². The molecule has 4 rings (SSSR count). The molecule has 3 aliphatic rings. The van der Waals surface area contributed by atoms with Gasteiger partial charge in [-0.15, -0.1) is 11.8 Å². The number of amides is 3. The molecular formula is C25H37N5O4S. The van der Waals surface area contributed by atoms with Gasteiger partial charge in [-0.2, -0.15) is 0 Å². The lowest BCUT2D eigenvalue weighted by Gasteiger charge is -2.36. The zero-order valence-electron chi connectivity index (χ0n) is 20.9. The summed E-state index contributed by atoms with van der Waals surface area (Å²) in [6.45, 7) is 4.09. The van der Waals surface area contributed by atoms with Crippen LogP contribution in [0.4, 0.5) is 0 Å². The topological polar surface area (TPSA) is 126 Å². The van der Waals surface area contributed by atoms with Crippen molar-refractivity contribution >= 4 is 29.5 Å². The van der Waals surface area contributed by atoms with Crippen LogP contribution in [0, 0.1) is 5.41 Å². The van der Waals surface area contributed by atoms with E-state index < -0.39 is 29.6 Å². The monoisotopic (exact) mass is 503 g/mol. The molecule has 1 aromatic rings. The SMILES string of the molecule is CN[C@@H](N)C(=O)N[C@H]1CCS[C@H]2CC(C)(C)[C@@H](C(=O)N[C@@H]3CCCc4cc(OC)ccc43)N2C1=O. The van der Waals surface area contributed by atoms with Crippen LogP contribution >= 0.6 is 11.8 Å². The number of likely N-dealkylation sites (N-methyl/N-ethyl adjacent to an activating group) is 1. The molecule has 5 atom stereocenters. The van der Waals surface area contributed by atoms with Crippen molar-refractivity contribution in [1.29, 1.82) is 0 Å². The first kappa shape index (κ1) is 25.8. The number of nitrogens with two attached hydrogens (primary N) is 1. The molecule has 192 valence electrons. The molecule has 2 saturated heterocycles. The Kier molecular flexibility index (Phi) is 7.63. The van der Waals surface area contributed by atoms with Crippen molar-refractivity contribution < 1.29 is 19.1 Å². The largest absolute Gasteiger partial charge is 0.497 e. The Morgan fingerprint density at radius 3 is 2.71 bits per heavy atom. The minimum absolute atomic E-state index is 0.101. The summed E-state index contributed by atoms with van der Waals surface area (Å²) in [5, 5.41) is 8.65. The second kappa shape index (κ2) is 10.4. The zero-order valence-corrected chi connectivity index (χ0v) is 21.7. The fourth-order valence-corrected chi connectivity index (χ4v) is 7.14. The summed E-state index contributed by atoms with van der Waals surface area (Å²) in [6, 6.07) is 4.58. The molecule has 10 heteroatoms. The fraction of sp³-hybridized carbons (Fsp3) is 0.640. The van der Waals surface area contributed by atoms with E-state index in [9.17, 15) is 14.4 Å². The number of aryl methyl sites for hydroxylation is 1. The molecule has 0 aromatic heterocycles. The van der Waals surface area contributed by atoms with Crippen LogP contribution in [0.2, 0.25) is 0 Å². The second-order valence-electron chi connectivity index (χ2n) is 10.3. The van der Waals surface area contributed by atoms with E-state index >= 15 is 0 Å². The van der Waals surface area contributed by atoms with Gasteiger partial charge in [0.05, 0.1) is 18.5 Å². The first-order valence-corrected chi connectivity index (χ1v) is 13.4. The number of carbonyl (C=O) groups excluding carboxylic acids is 3. The number of benzene rings is 1. The highest BCUT2D eigenvalue weighted by atomic mass is 32.2. The number of thioether (sulfide) groups is 1.